The van der Waals surface area contributed by atoms with Gasteiger partial charge in [0, 0.05) is 12.3 Å². The first-order valence-electron chi connectivity index (χ1n) is 5.15. The fourth-order valence-corrected chi connectivity index (χ4v) is 1.53. The first-order valence-corrected chi connectivity index (χ1v) is 5.53. The lowest BCUT2D eigenvalue weighted by Gasteiger charge is -2.07. The highest BCUT2D eigenvalue weighted by Crippen LogP contribution is 2.30. The molecule has 8 nitrogen and oxygen atoms in total. The van der Waals surface area contributed by atoms with Crippen LogP contribution in [0.4, 0.5) is 5.69 Å². The molecule has 0 fully saturated rings. The quantitative estimate of drug-likeness (QED) is 0.680. The van der Waals surface area contributed by atoms with Crippen LogP contribution >= 0.6 is 11.6 Å². The van der Waals surface area contributed by atoms with Crippen molar-refractivity contribution in [1.29, 1.82) is 0 Å². The number of ether oxygens (including phenoxy) is 1. The maximum absolute atomic E-state index is 11.0. The maximum Gasteiger partial charge on any atom is 0.358 e. The molecule has 0 bridgehead atoms. The Morgan fingerprint density at radius 1 is 1.45 bits per heavy atom. The van der Waals surface area contributed by atoms with Crippen LogP contribution in [0, 0.1) is 10.1 Å². The number of pyridine rings is 2. The Bertz CT molecular complexity index is 692. The molecule has 0 amide bonds. The molecule has 0 aliphatic rings. The first-order chi connectivity index (χ1) is 9.49. The lowest BCUT2D eigenvalue weighted by atomic mass is 10.3. The second-order valence-electron chi connectivity index (χ2n) is 3.49. The molecule has 2 rings (SSSR count). The summed E-state index contributed by atoms with van der Waals surface area (Å²) in [5.74, 6) is -1.49. The minimum absolute atomic E-state index is 0.0664. The minimum atomic E-state index is -1.28. The zero-order valence-electron chi connectivity index (χ0n) is 9.69. The van der Waals surface area contributed by atoms with Gasteiger partial charge >= 0.3 is 5.97 Å². The molecule has 2 aromatic heterocycles. The smallest absolute Gasteiger partial charge is 0.358 e. The number of rotatable bonds is 4. The van der Waals surface area contributed by atoms with Crippen LogP contribution < -0.4 is 4.74 Å². The van der Waals surface area contributed by atoms with E-state index >= 15 is 0 Å². The summed E-state index contributed by atoms with van der Waals surface area (Å²) in [7, 11) is 0. The molecule has 0 saturated carbocycles. The molecule has 2 heterocycles. The standard InChI is InChI=1S/C11H6ClN3O5/c12-7-4-6(15(18)19)5-14-10(7)20-8-2-1-3-13-9(8)11(16)17/h1-5H,(H,16,17). The van der Waals surface area contributed by atoms with Crippen LogP contribution in [0.5, 0.6) is 11.6 Å². The monoisotopic (exact) mass is 295 g/mol. The van der Waals surface area contributed by atoms with Crippen molar-refractivity contribution in [2.24, 2.45) is 0 Å². The summed E-state index contributed by atoms with van der Waals surface area (Å²) >= 11 is 5.80. The highest BCUT2D eigenvalue weighted by molar-refractivity contribution is 6.32. The molecule has 20 heavy (non-hydrogen) atoms. The summed E-state index contributed by atoms with van der Waals surface area (Å²) in [6.45, 7) is 0. The number of nitro groups is 1. The summed E-state index contributed by atoms with van der Waals surface area (Å²) in [6, 6.07) is 3.90. The lowest BCUT2D eigenvalue weighted by molar-refractivity contribution is -0.385. The van der Waals surface area contributed by atoms with E-state index in [1.165, 1.54) is 18.3 Å². The van der Waals surface area contributed by atoms with Crippen molar-refractivity contribution in [1.82, 2.24) is 9.97 Å². The fourth-order valence-electron chi connectivity index (χ4n) is 1.33. The third kappa shape index (κ3) is 2.81. The van der Waals surface area contributed by atoms with Gasteiger partial charge < -0.3 is 9.84 Å². The zero-order valence-corrected chi connectivity index (χ0v) is 10.4. The topological polar surface area (TPSA) is 115 Å². The lowest BCUT2D eigenvalue weighted by Crippen LogP contribution is -2.03. The molecule has 0 unspecified atom stereocenters. The highest BCUT2D eigenvalue weighted by atomic mass is 35.5. The Balaban J connectivity index is 2.36. The van der Waals surface area contributed by atoms with E-state index in [1.807, 2.05) is 0 Å². The maximum atomic E-state index is 11.0. The molecule has 0 aliphatic carbocycles. The van der Waals surface area contributed by atoms with Crippen LogP contribution in [0.1, 0.15) is 10.5 Å². The van der Waals surface area contributed by atoms with Gasteiger partial charge in [0.15, 0.2) is 11.4 Å². The molecule has 0 aliphatic heterocycles. The summed E-state index contributed by atoms with van der Waals surface area (Å²) in [5, 5.41) is 19.4. The number of carbonyl (C=O) groups is 1. The van der Waals surface area contributed by atoms with E-state index in [0.717, 1.165) is 12.3 Å². The molecule has 0 saturated heterocycles. The van der Waals surface area contributed by atoms with E-state index < -0.39 is 10.9 Å². The molecule has 0 radical (unpaired) electrons. The predicted molar refractivity (Wildman–Crippen MR) is 67.2 cm³/mol. The Labute approximate surface area is 116 Å². The van der Waals surface area contributed by atoms with Crippen LogP contribution in [-0.4, -0.2) is 26.0 Å². The number of aromatic nitrogens is 2. The zero-order chi connectivity index (χ0) is 14.7. The SMILES string of the molecule is O=C(O)c1ncccc1Oc1ncc([N+](=O)[O-])cc1Cl. The second-order valence-corrected chi connectivity index (χ2v) is 3.90. The minimum Gasteiger partial charge on any atom is -0.476 e. The Morgan fingerprint density at radius 2 is 2.20 bits per heavy atom. The van der Waals surface area contributed by atoms with Crippen molar-refractivity contribution in [3.63, 3.8) is 0 Å². The summed E-state index contributed by atoms with van der Waals surface area (Å²) < 4.78 is 5.23. The number of aromatic carboxylic acids is 1. The summed E-state index contributed by atoms with van der Waals surface area (Å²) in [6.07, 6.45) is 2.25. The number of nitrogens with zero attached hydrogens (tertiary/aromatic N) is 3. The van der Waals surface area contributed by atoms with Gasteiger partial charge in [-0.25, -0.2) is 14.8 Å². The molecule has 0 atom stereocenters. The predicted octanol–water partition coefficient (Wildman–Crippen LogP) is 2.53. The third-order valence-electron chi connectivity index (χ3n) is 2.18. The molecular formula is C11H6ClN3O5. The number of carboxylic acids is 1. The highest BCUT2D eigenvalue weighted by Gasteiger charge is 2.17. The molecule has 0 aromatic carbocycles. The Kier molecular flexibility index (Phi) is 3.76. The van der Waals surface area contributed by atoms with Crippen molar-refractivity contribution in [2.45, 2.75) is 0 Å². The summed E-state index contributed by atoms with van der Waals surface area (Å²) in [4.78, 5) is 28.2. The summed E-state index contributed by atoms with van der Waals surface area (Å²) in [5.41, 5.74) is -0.615. The fraction of sp³-hybridized carbons (Fsp3) is 0. The molecule has 102 valence electrons. The van der Waals surface area contributed by atoms with Crippen molar-refractivity contribution in [3.05, 3.63) is 51.4 Å². The van der Waals surface area contributed by atoms with Crippen LogP contribution in [0.25, 0.3) is 0 Å². The van der Waals surface area contributed by atoms with Gasteiger partial charge in [-0.3, -0.25) is 10.1 Å². The Morgan fingerprint density at radius 3 is 2.80 bits per heavy atom. The van der Waals surface area contributed by atoms with Crippen LogP contribution in [-0.2, 0) is 0 Å². The molecule has 2 aromatic rings. The number of halogens is 1. The van der Waals surface area contributed by atoms with E-state index in [2.05, 4.69) is 9.97 Å². The van der Waals surface area contributed by atoms with Crippen molar-refractivity contribution in [2.75, 3.05) is 0 Å². The molecule has 0 spiro atoms. The van der Waals surface area contributed by atoms with E-state index in [-0.39, 0.29) is 28.0 Å². The van der Waals surface area contributed by atoms with Gasteiger partial charge in [0.2, 0.25) is 5.88 Å². The first kappa shape index (κ1) is 13.7. The average Bonchev–Trinajstić information content (AvgIpc) is 2.41. The number of hydrogen-bond acceptors (Lipinski definition) is 6. The molecular weight excluding hydrogens is 290 g/mol. The van der Waals surface area contributed by atoms with Crippen LogP contribution in [0.3, 0.4) is 0 Å². The number of hydrogen-bond donors (Lipinski definition) is 1. The largest absolute Gasteiger partial charge is 0.476 e. The normalized spacial score (nSPS) is 10.1. The van der Waals surface area contributed by atoms with Gasteiger partial charge in [0.25, 0.3) is 5.69 Å². The van der Waals surface area contributed by atoms with Gasteiger partial charge in [-0.1, -0.05) is 11.6 Å². The van der Waals surface area contributed by atoms with E-state index in [0.29, 0.717) is 0 Å². The average molecular weight is 296 g/mol. The van der Waals surface area contributed by atoms with E-state index in [1.54, 1.807) is 0 Å². The Hall–Kier alpha value is -2.74. The van der Waals surface area contributed by atoms with Gasteiger partial charge in [0.1, 0.15) is 11.2 Å². The number of carboxylic acid groups (broad SMARTS) is 1. The van der Waals surface area contributed by atoms with Crippen molar-refractivity contribution < 1.29 is 19.6 Å². The van der Waals surface area contributed by atoms with Crippen LogP contribution in [0.2, 0.25) is 5.02 Å². The van der Waals surface area contributed by atoms with Crippen LogP contribution in [0.15, 0.2) is 30.6 Å². The van der Waals surface area contributed by atoms with Gasteiger partial charge in [-0.2, -0.15) is 0 Å². The molecule has 9 heteroatoms. The third-order valence-corrected chi connectivity index (χ3v) is 2.45. The van der Waals surface area contributed by atoms with Gasteiger partial charge in [-0.15, -0.1) is 0 Å². The molecule has 1 N–H and O–H groups in total. The van der Waals surface area contributed by atoms with Crippen molar-refractivity contribution in [3.8, 4) is 11.6 Å². The van der Waals surface area contributed by atoms with E-state index in [9.17, 15) is 14.9 Å². The second kappa shape index (κ2) is 5.49. The van der Waals surface area contributed by atoms with E-state index in [4.69, 9.17) is 21.4 Å². The van der Waals surface area contributed by atoms with Crippen molar-refractivity contribution >= 4 is 23.3 Å². The van der Waals surface area contributed by atoms with Gasteiger partial charge in [-0.05, 0) is 12.1 Å². The van der Waals surface area contributed by atoms with Gasteiger partial charge in [0.05, 0.1) is 4.92 Å².